The normalized spacial score (nSPS) is 14.0. The topological polar surface area (TPSA) is 35.2 Å². The van der Waals surface area contributed by atoms with Gasteiger partial charge in [-0.25, -0.2) is 8.78 Å². The summed E-state index contributed by atoms with van der Waals surface area (Å²) in [5, 5.41) is 0. The summed E-state index contributed by atoms with van der Waals surface area (Å²) < 4.78 is 32.3. The van der Waals surface area contributed by atoms with Gasteiger partial charge in [-0.3, -0.25) is 0 Å². The van der Waals surface area contributed by atoms with Gasteiger partial charge in [0.05, 0.1) is 11.6 Å². The Labute approximate surface area is 123 Å². The largest absolute Gasteiger partial charge is 0.491 e. The molecule has 0 heterocycles. The molecule has 0 aromatic heterocycles. The van der Waals surface area contributed by atoms with Crippen LogP contribution in [0.15, 0.2) is 42.5 Å². The second-order valence-electron chi connectivity index (χ2n) is 5.55. The molecule has 2 rings (SSSR count). The molecule has 4 heteroatoms. The van der Waals surface area contributed by atoms with Crippen LogP contribution in [-0.4, -0.2) is 6.10 Å². The molecule has 0 saturated carbocycles. The van der Waals surface area contributed by atoms with E-state index in [0.29, 0.717) is 5.56 Å². The second-order valence-corrected chi connectivity index (χ2v) is 5.55. The average Bonchev–Trinajstić information content (AvgIpc) is 2.37. The van der Waals surface area contributed by atoms with Crippen molar-refractivity contribution in [3.8, 4) is 5.75 Å². The van der Waals surface area contributed by atoms with E-state index >= 15 is 0 Å². The Balaban J connectivity index is 2.34. The van der Waals surface area contributed by atoms with Gasteiger partial charge in [0.1, 0.15) is 17.4 Å². The lowest BCUT2D eigenvalue weighted by Crippen LogP contribution is -2.34. The minimum Gasteiger partial charge on any atom is -0.491 e. The van der Waals surface area contributed by atoms with Crippen molar-refractivity contribution in [1.82, 2.24) is 0 Å². The Morgan fingerprint density at radius 3 is 1.95 bits per heavy atom. The van der Waals surface area contributed by atoms with Crippen molar-refractivity contribution in [1.29, 1.82) is 0 Å². The fourth-order valence-corrected chi connectivity index (χ4v) is 2.17. The molecule has 0 saturated heterocycles. The second kappa shape index (κ2) is 5.82. The average molecular weight is 291 g/mol. The zero-order chi connectivity index (χ0) is 15.6. The Morgan fingerprint density at radius 2 is 1.48 bits per heavy atom. The molecule has 1 unspecified atom stereocenters. The van der Waals surface area contributed by atoms with Crippen LogP contribution < -0.4 is 10.5 Å². The van der Waals surface area contributed by atoms with E-state index in [1.54, 1.807) is 31.2 Å². The van der Waals surface area contributed by atoms with Crippen LogP contribution in [0.3, 0.4) is 0 Å². The summed E-state index contributed by atoms with van der Waals surface area (Å²) in [5.41, 5.74) is 6.43. The molecule has 2 nitrogen and oxygen atoms in total. The maximum Gasteiger partial charge on any atom is 0.126 e. The lowest BCUT2D eigenvalue weighted by Gasteiger charge is -2.26. The summed E-state index contributed by atoms with van der Waals surface area (Å²) >= 11 is 0. The number of rotatable bonds is 4. The van der Waals surface area contributed by atoms with E-state index in [0.717, 1.165) is 17.4 Å². The van der Waals surface area contributed by atoms with Crippen molar-refractivity contribution in [3.05, 3.63) is 65.2 Å². The molecule has 2 aromatic rings. The van der Waals surface area contributed by atoms with Crippen LogP contribution in [0.1, 0.15) is 31.9 Å². The third-order valence-electron chi connectivity index (χ3n) is 3.29. The summed E-state index contributed by atoms with van der Waals surface area (Å²) in [6.07, 6.45) is 0.0809. The van der Waals surface area contributed by atoms with Gasteiger partial charge in [-0.2, -0.15) is 0 Å². The third-order valence-corrected chi connectivity index (χ3v) is 3.29. The molecule has 0 radical (unpaired) electrons. The van der Waals surface area contributed by atoms with Crippen LogP contribution in [0.2, 0.25) is 0 Å². The van der Waals surface area contributed by atoms with E-state index in [-0.39, 0.29) is 6.10 Å². The first-order chi connectivity index (χ1) is 9.79. The number of ether oxygens (including phenoxy) is 1. The predicted molar refractivity (Wildman–Crippen MR) is 79.2 cm³/mol. The molecule has 2 N–H and O–H groups in total. The fourth-order valence-electron chi connectivity index (χ4n) is 2.17. The highest BCUT2D eigenvalue weighted by molar-refractivity contribution is 5.40. The smallest absolute Gasteiger partial charge is 0.126 e. The minimum absolute atomic E-state index is 0.0809. The Bertz CT molecular complexity index is 601. The first-order valence-electron chi connectivity index (χ1n) is 6.81. The lowest BCUT2D eigenvalue weighted by atomic mass is 9.85. The third kappa shape index (κ3) is 3.58. The van der Waals surface area contributed by atoms with Crippen molar-refractivity contribution < 1.29 is 13.5 Å². The summed E-state index contributed by atoms with van der Waals surface area (Å²) in [7, 11) is 0. The summed E-state index contributed by atoms with van der Waals surface area (Å²) in [4.78, 5) is 0. The van der Waals surface area contributed by atoms with Crippen molar-refractivity contribution in [3.63, 3.8) is 0 Å². The number of benzene rings is 2. The highest BCUT2D eigenvalue weighted by Crippen LogP contribution is 2.29. The van der Waals surface area contributed by atoms with Gasteiger partial charge in [-0.1, -0.05) is 12.1 Å². The van der Waals surface area contributed by atoms with Crippen LogP contribution in [-0.2, 0) is 5.54 Å². The van der Waals surface area contributed by atoms with Crippen LogP contribution >= 0.6 is 0 Å². The van der Waals surface area contributed by atoms with Gasteiger partial charge in [-0.05, 0) is 56.2 Å². The van der Waals surface area contributed by atoms with E-state index in [1.165, 1.54) is 12.1 Å². The standard InChI is InChI=1S/C17H19F2NO/c1-11(2)21-16-6-4-12(5-7-16)17(3,20)13-8-14(18)10-15(19)9-13/h4-11H,20H2,1-3H3. The van der Waals surface area contributed by atoms with Gasteiger partial charge in [0.15, 0.2) is 0 Å². The summed E-state index contributed by atoms with van der Waals surface area (Å²) in [6.45, 7) is 5.60. The molecule has 0 spiro atoms. The maximum absolute atomic E-state index is 13.4. The van der Waals surface area contributed by atoms with Crippen LogP contribution in [0.5, 0.6) is 5.75 Å². The number of nitrogens with two attached hydrogens (primary N) is 1. The van der Waals surface area contributed by atoms with E-state index in [4.69, 9.17) is 10.5 Å². The molecule has 1 atom stereocenters. The van der Waals surface area contributed by atoms with Crippen molar-refractivity contribution in [2.45, 2.75) is 32.4 Å². The molecule has 0 aliphatic rings. The molecule has 2 aromatic carbocycles. The first kappa shape index (κ1) is 15.4. The van der Waals surface area contributed by atoms with Crippen molar-refractivity contribution in [2.75, 3.05) is 0 Å². The van der Waals surface area contributed by atoms with Gasteiger partial charge < -0.3 is 10.5 Å². The number of hydrogen-bond donors (Lipinski definition) is 1. The van der Waals surface area contributed by atoms with Crippen LogP contribution in [0.4, 0.5) is 8.78 Å². The molecular weight excluding hydrogens is 272 g/mol. The van der Waals surface area contributed by atoms with Crippen molar-refractivity contribution in [2.24, 2.45) is 5.73 Å². The van der Waals surface area contributed by atoms with Gasteiger partial charge in [0.25, 0.3) is 0 Å². The molecule has 21 heavy (non-hydrogen) atoms. The van der Waals surface area contributed by atoms with E-state index in [2.05, 4.69) is 0 Å². The van der Waals surface area contributed by atoms with Crippen LogP contribution in [0, 0.1) is 11.6 Å². The molecule has 0 aliphatic heterocycles. The Morgan fingerprint density at radius 1 is 0.952 bits per heavy atom. The summed E-state index contributed by atoms with van der Waals surface area (Å²) in [5.74, 6) is -0.544. The number of halogens is 2. The number of hydrogen-bond acceptors (Lipinski definition) is 2. The van der Waals surface area contributed by atoms with Gasteiger partial charge in [-0.15, -0.1) is 0 Å². The molecule has 0 fully saturated rings. The van der Waals surface area contributed by atoms with Gasteiger partial charge >= 0.3 is 0 Å². The zero-order valence-electron chi connectivity index (χ0n) is 12.4. The monoisotopic (exact) mass is 291 g/mol. The van der Waals surface area contributed by atoms with Gasteiger partial charge in [0.2, 0.25) is 0 Å². The lowest BCUT2D eigenvalue weighted by molar-refractivity contribution is 0.242. The van der Waals surface area contributed by atoms with E-state index < -0.39 is 17.2 Å². The fraction of sp³-hybridized carbons (Fsp3) is 0.294. The summed E-state index contributed by atoms with van der Waals surface area (Å²) in [6, 6.07) is 10.6. The van der Waals surface area contributed by atoms with E-state index in [9.17, 15) is 8.78 Å². The maximum atomic E-state index is 13.4. The Kier molecular flexibility index (Phi) is 4.28. The molecule has 0 bridgehead atoms. The highest BCUT2D eigenvalue weighted by Gasteiger charge is 2.25. The minimum atomic E-state index is -0.987. The quantitative estimate of drug-likeness (QED) is 0.925. The molecular formula is C17H19F2NO. The van der Waals surface area contributed by atoms with Crippen molar-refractivity contribution >= 4 is 0 Å². The van der Waals surface area contributed by atoms with E-state index in [1.807, 2.05) is 13.8 Å². The SMILES string of the molecule is CC(C)Oc1ccc(C(C)(N)c2cc(F)cc(F)c2)cc1. The highest BCUT2D eigenvalue weighted by atomic mass is 19.1. The van der Waals surface area contributed by atoms with Gasteiger partial charge in [0, 0.05) is 6.07 Å². The molecule has 0 aliphatic carbocycles. The van der Waals surface area contributed by atoms with Crippen LogP contribution in [0.25, 0.3) is 0 Å². The Hall–Kier alpha value is -1.94. The zero-order valence-corrected chi connectivity index (χ0v) is 12.4. The predicted octanol–water partition coefficient (Wildman–Crippen LogP) is 3.97. The molecule has 0 amide bonds. The first-order valence-corrected chi connectivity index (χ1v) is 6.81. The molecule has 112 valence electrons.